The lowest BCUT2D eigenvalue weighted by atomic mass is 10.2. The lowest BCUT2D eigenvalue weighted by Gasteiger charge is -2.24. The summed E-state index contributed by atoms with van der Waals surface area (Å²) in [6.45, 7) is 4.26. The van der Waals surface area contributed by atoms with E-state index < -0.39 is 0 Å². The van der Waals surface area contributed by atoms with Gasteiger partial charge in [-0.15, -0.1) is 0 Å². The van der Waals surface area contributed by atoms with Gasteiger partial charge >= 0.3 is 0 Å². The summed E-state index contributed by atoms with van der Waals surface area (Å²) in [5, 5.41) is 0.437. The van der Waals surface area contributed by atoms with Gasteiger partial charge in [-0.1, -0.05) is 11.8 Å². The van der Waals surface area contributed by atoms with Crippen LogP contribution in [0.3, 0.4) is 0 Å². The molecule has 0 N–H and O–H groups in total. The highest BCUT2D eigenvalue weighted by atomic mass is 32.2. The Morgan fingerprint density at radius 3 is 2.47 bits per heavy atom. The molecule has 17 heavy (non-hydrogen) atoms. The van der Waals surface area contributed by atoms with Crippen molar-refractivity contribution < 1.29 is 9.59 Å². The van der Waals surface area contributed by atoms with E-state index in [4.69, 9.17) is 0 Å². The fourth-order valence-corrected chi connectivity index (χ4v) is 3.77. The van der Waals surface area contributed by atoms with Crippen LogP contribution in [0.4, 0.5) is 0 Å². The predicted octanol–water partition coefficient (Wildman–Crippen LogP) is 0.961. The van der Waals surface area contributed by atoms with Crippen molar-refractivity contribution in [3.05, 3.63) is 0 Å². The number of thioether (sulfide) groups is 1. The van der Waals surface area contributed by atoms with Gasteiger partial charge in [-0.05, 0) is 26.3 Å². The van der Waals surface area contributed by atoms with E-state index in [-0.39, 0.29) is 22.3 Å². The molecule has 2 rings (SSSR count). The third kappa shape index (κ3) is 3.01. The minimum Gasteiger partial charge on any atom is -0.341 e. The maximum atomic E-state index is 12.3. The molecule has 4 nitrogen and oxygen atoms in total. The average molecular weight is 256 g/mol. The summed E-state index contributed by atoms with van der Waals surface area (Å²) >= 11 is 1.38. The highest BCUT2D eigenvalue weighted by molar-refractivity contribution is 8.14. The first kappa shape index (κ1) is 12.9. The number of hydrogen-bond donors (Lipinski definition) is 0. The van der Waals surface area contributed by atoms with Crippen LogP contribution in [0, 0.1) is 0 Å². The zero-order chi connectivity index (χ0) is 12.4. The van der Waals surface area contributed by atoms with Gasteiger partial charge in [0.05, 0.1) is 6.04 Å². The van der Waals surface area contributed by atoms with Gasteiger partial charge in [0.25, 0.3) is 0 Å². The van der Waals surface area contributed by atoms with Crippen LogP contribution >= 0.6 is 11.8 Å². The minimum atomic E-state index is -0.00931. The summed E-state index contributed by atoms with van der Waals surface area (Å²) in [5.41, 5.74) is 0. The Morgan fingerprint density at radius 1 is 1.24 bits per heavy atom. The molecular formula is C12H20N2O2S. The van der Waals surface area contributed by atoms with Crippen LogP contribution in [0.25, 0.3) is 0 Å². The number of amides is 1. The monoisotopic (exact) mass is 256 g/mol. The lowest BCUT2D eigenvalue weighted by Crippen LogP contribution is -2.42. The van der Waals surface area contributed by atoms with E-state index in [9.17, 15) is 9.59 Å². The smallest absolute Gasteiger partial charge is 0.239 e. The quantitative estimate of drug-likeness (QED) is 0.738. The van der Waals surface area contributed by atoms with Crippen LogP contribution in [0.15, 0.2) is 0 Å². The number of carbonyl (C=O) groups is 2. The highest BCUT2D eigenvalue weighted by Crippen LogP contribution is 2.28. The van der Waals surface area contributed by atoms with Gasteiger partial charge in [-0.25, -0.2) is 0 Å². The van der Waals surface area contributed by atoms with Crippen molar-refractivity contribution in [3.63, 3.8) is 0 Å². The summed E-state index contributed by atoms with van der Waals surface area (Å²) in [5.74, 6) is 0.261. The molecule has 96 valence electrons. The zero-order valence-electron chi connectivity index (χ0n) is 10.5. The molecule has 2 atom stereocenters. The number of nitrogens with zero attached hydrogens (tertiary/aromatic N) is 2. The van der Waals surface area contributed by atoms with Crippen LogP contribution in [0.5, 0.6) is 0 Å². The van der Waals surface area contributed by atoms with E-state index in [1.807, 2.05) is 11.9 Å². The number of likely N-dealkylation sites (N-methyl/N-ethyl adjacent to an activating group) is 1. The van der Waals surface area contributed by atoms with Gasteiger partial charge in [0, 0.05) is 31.8 Å². The molecule has 0 aromatic carbocycles. The van der Waals surface area contributed by atoms with Crippen LogP contribution in [-0.2, 0) is 9.59 Å². The molecule has 0 radical (unpaired) electrons. The number of rotatable bonds is 2. The largest absolute Gasteiger partial charge is 0.341 e. The van der Waals surface area contributed by atoms with Crippen LogP contribution in [0.2, 0.25) is 0 Å². The molecule has 5 heteroatoms. The van der Waals surface area contributed by atoms with E-state index in [0.29, 0.717) is 0 Å². The van der Waals surface area contributed by atoms with Crippen molar-refractivity contribution in [2.24, 2.45) is 0 Å². The Balaban J connectivity index is 1.92. The molecule has 2 aliphatic heterocycles. The average Bonchev–Trinajstić information content (AvgIpc) is 2.85. The second kappa shape index (κ2) is 5.40. The number of carbonyl (C=O) groups excluding carboxylic acids is 2. The van der Waals surface area contributed by atoms with Crippen molar-refractivity contribution in [2.45, 2.75) is 37.5 Å². The highest BCUT2D eigenvalue weighted by Gasteiger charge is 2.37. The summed E-state index contributed by atoms with van der Waals surface area (Å²) in [7, 11) is 1.99. The van der Waals surface area contributed by atoms with E-state index in [2.05, 4.69) is 4.90 Å². The summed E-state index contributed by atoms with van der Waals surface area (Å²) in [4.78, 5) is 27.4. The molecule has 0 aliphatic carbocycles. The van der Waals surface area contributed by atoms with E-state index in [1.54, 1.807) is 6.92 Å². The molecule has 0 saturated carbocycles. The molecule has 2 fully saturated rings. The Hall–Kier alpha value is -0.550. The van der Waals surface area contributed by atoms with Gasteiger partial charge in [-0.3, -0.25) is 14.5 Å². The molecule has 0 unspecified atom stereocenters. The van der Waals surface area contributed by atoms with Crippen LogP contribution in [-0.4, -0.2) is 58.8 Å². The first-order valence-corrected chi connectivity index (χ1v) is 7.12. The van der Waals surface area contributed by atoms with Crippen molar-refractivity contribution in [3.8, 4) is 0 Å². The first-order valence-electron chi connectivity index (χ1n) is 6.24. The molecule has 0 bridgehead atoms. The molecule has 0 aromatic heterocycles. The van der Waals surface area contributed by atoms with Crippen molar-refractivity contribution >= 4 is 22.8 Å². The lowest BCUT2D eigenvalue weighted by molar-refractivity contribution is -0.134. The van der Waals surface area contributed by atoms with E-state index in [0.717, 1.165) is 38.9 Å². The van der Waals surface area contributed by atoms with E-state index in [1.165, 1.54) is 11.8 Å². The maximum absolute atomic E-state index is 12.3. The SMILES string of the molecule is CC(=O)S[C@H]1C[C@@H](C(=O)N2CCCC2)N(C)C1. The molecule has 2 saturated heterocycles. The third-order valence-electron chi connectivity index (χ3n) is 3.55. The molecule has 0 aromatic rings. The van der Waals surface area contributed by atoms with Crippen molar-refractivity contribution in [1.82, 2.24) is 9.80 Å². The summed E-state index contributed by atoms with van der Waals surface area (Å²) in [6.07, 6.45) is 3.08. The van der Waals surface area contributed by atoms with Gasteiger partial charge < -0.3 is 4.90 Å². The topological polar surface area (TPSA) is 40.6 Å². The molecule has 1 amide bonds. The first-order chi connectivity index (χ1) is 8.08. The summed E-state index contributed by atoms with van der Waals surface area (Å²) < 4.78 is 0. The van der Waals surface area contributed by atoms with Gasteiger partial charge in [0.15, 0.2) is 5.12 Å². The Kier molecular flexibility index (Phi) is 4.09. The Labute approximate surface area is 107 Å². The standard InChI is InChI=1S/C12H20N2O2S/c1-9(15)17-10-7-11(13(2)8-10)12(16)14-5-3-4-6-14/h10-11H,3-8H2,1-2H3/t10-,11-/m0/s1. The minimum absolute atomic E-state index is 0.00931. The molecule has 2 heterocycles. The van der Waals surface area contributed by atoms with Crippen molar-refractivity contribution in [1.29, 1.82) is 0 Å². The number of likely N-dealkylation sites (tertiary alicyclic amines) is 2. The fourth-order valence-electron chi connectivity index (χ4n) is 2.71. The summed E-state index contributed by atoms with van der Waals surface area (Å²) in [6, 6.07) is -0.00931. The zero-order valence-corrected chi connectivity index (χ0v) is 11.3. The second-order valence-electron chi connectivity index (χ2n) is 4.95. The Bertz CT molecular complexity index is 316. The number of hydrogen-bond acceptors (Lipinski definition) is 4. The second-order valence-corrected chi connectivity index (χ2v) is 6.43. The van der Waals surface area contributed by atoms with E-state index >= 15 is 0 Å². The Morgan fingerprint density at radius 2 is 1.88 bits per heavy atom. The normalized spacial score (nSPS) is 29.9. The van der Waals surface area contributed by atoms with Gasteiger partial charge in [0.1, 0.15) is 0 Å². The van der Waals surface area contributed by atoms with Gasteiger partial charge in [-0.2, -0.15) is 0 Å². The maximum Gasteiger partial charge on any atom is 0.239 e. The predicted molar refractivity (Wildman–Crippen MR) is 68.9 cm³/mol. The van der Waals surface area contributed by atoms with Crippen LogP contribution < -0.4 is 0 Å². The van der Waals surface area contributed by atoms with Crippen molar-refractivity contribution in [2.75, 3.05) is 26.7 Å². The molecule has 0 spiro atoms. The molecular weight excluding hydrogens is 236 g/mol. The van der Waals surface area contributed by atoms with Gasteiger partial charge in [0.2, 0.25) is 5.91 Å². The molecule has 2 aliphatic rings. The third-order valence-corrected chi connectivity index (χ3v) is 4.55. The fraction of sp³-hybridized carbons (Fsp3) is 0.833. The van der Waals surface area contributed by atoms with Crippen LogP contribution in [0.1, 0.15) is 26.2 Å².